The van der Waals surface area contributed by atoms with Gasteiger partial charge >= 0.3 is 0 Å². The van der Waals surface area contributed by atoms with E-state index >= 15 is 0 Å². The predicted octanol–water partition coefficient (Wildman–Crippen LogP) is 1.32. The van der Waals surface area contributed by atoms with E-state index in [1.807, 2.05) is 13.8 Å². The Morgan fingerprint density at radius 1 is 1.78 bits per heavy atom. The van der Waals surface area contributed by atoms with Crippen molar-refractivity contribution in [1.29, 1.82) is 0 Å². The van der Waals surface area contributed by atoms with Crippen LogP contribution in [0.2, 0.25) is 0 Å². The molecule has 0 aromatic carbocycles. The Labute approximate surface area is 55.5 Å². The van der Waals surface area contributed by atoms with Crippen LogP contribution in [0.1, 0.15) is 13.8 Å². The van der Waals surface area contributed by atoms with Gasteiger partial charge in [0.1, 0.15) is 0 Å². The van der Waals surface area contributed by atoms with Gasteiger partial charge in [0.2, 0.25) is 0 Å². The van der Waals surface area contributed by atoms with E-state index in [-0.39, 0.29) is 6.10 Å². The molecule has 0 aliphatic carbocycles. The monoisotopic (exact) mass is 128 g/mol. The Hall–Kier alpha value is -0.340. The molecule has 9 heavy (non-hydrogen) atoms. The molecule has 0 bridgehead atoms. The predicted molar refractivity (Wildman–Crippen MR) is 35.1 cm³/mol. The van der Waals surface area contributed by atoms with Crippen molar-refractivity contribution in [3.63, 3.8) is 0 Å². The highest BCUT2D eigenvalue weighted by Crippen LogP contribution is 2.23. The van der Waals surface area contributed by atoms with Crippen molar-refractivity contribution >= 4 is 0 Å². The summed E-state index contributed by atoms with van der Waals surface area (Å²) in [5, 5.41) is 0. The molecule has 52 valence electrons. The molecule has 0 aromatic heterocycles. The molecular formula is C7H12O2. The molecule has 1 rings (SSSR count). The lowest BCUT2D eigenvalue weighted by Crippen LogP contribution is -2.22. The van der Waals surface area contributed by atoms with Crippen LogP contribution in [0, 0.1) is 0 Å². The molecule has 0 radical (unpaired) electrons. The summed E-state index contributed by atoms with van der Waals surface area (Å²) in [6.07, 6.45) is 1.88. The number of hydrogen-bond donors (Lipinski definition) is 0. The van der Waals surface area contributed by atoms with Gasteiger partial charge in [-0.15, -0.1) is 0 Å². The van der Waals surface area contributed by atoms with E-state index in [0.29, 0.717) is 6.61 Å². The first-order chi connectivity index (χ1) is 4.16. The van der Waals surface area contributed by atoms with Gasteiger partial charge < -0.3 is 9.47 Å². The quantitative estimate of drug-likeness (QED) is 0.496. The zero-order chi connectivity index (χ0) is 6.91. The molecule has 0 saturated carbocycles. The summed E-state index contributed by atoms with van der Waals surface area (Å²) in [4.78, 5) is 0. The summed E-state index contributed by atoms with van der Waals surface area (Å²) < 4.78 is 10.6. The maximum absolute atomic E-state index is 5.36. The number of ether oxygens (including phenoxy) is 2. The van der Waals surface area contributed by atoms with Crippen molar-refractivity contribution in [3.8, 4) is 0 Å². The van der Waals surface area contributed by atoms with Gasteiger partial charge in [-0.3, -0.25) is 0 Å². The van der Waals surface area contributed by atoms with Gasteiger partial charge in [-0.05, 0) is 19.9 Å². The second kappa shape index (κ2) is 2.12. The van der Waals surface area contributed by atoms with Crippen LogP contribution in [0.15, 0.2) is 12.7 Å². The first-order valence-electron chi connectivity index (χ1n) is 3.12. The summed E-state index contributed by atoms with van der Waals surface area (Å²) in [5.41, 5.74) is 0. The van der Waals surface area contributed by atoms with Crippen molar-refractivity contribution in [2.75, 3.05) is 6.61 Å². The van der Waals surface area contributed by atoms with Crippen LogP contribution in [0.5, 0.6) is 0 Å². The van der Waals surface area contributed by atoms with Crippen LogP contribution in [0.25, 0.3) is 0 Å². The van der Waals surface area contributed by atoms with E-state index in [9.17, 15) is 0 Å². The molecule has 0 N–H and O–H groups in total. The molecule has 1 saturated heterocycles. The topological polar surface area (TPSA) is 18.5 Å². The molecule has 1 aliphatic rings. The standard InChI is InChI=1S/C7H12O2/c1-4-7(3)8-5-6(2)9-7/h4,6H,1,5H2,2-3H3/t6-,7-/m0/s1. The molecule has 1 heterocycles. The van der Waals surface area contributed by atoms with Gasteiger partial charge in [-0.1, -0.05) is 6.58 Å². The van der Waals surface area contributed by atoms with E-state index in [2.05, 4.69) is 6.58 Å². The fraction of sp³-hybridized carbons (Fsp3) is 0.714. The maximum Gasteiger partial charge on any atom is 0.185 e. The average Bonchev–Trinajstić information content (AvgIpc) is 2.13. The highest BCUT2D eigenvalue weighted by molar-refractivity contribution is 4.89. The Morgan fingerprint density at radius 2 is 2.44 bits per heavy atom. The third kappa shape index (κ3) is 1.32. The third-order valence-electron chi connectivity index (χ3n) is 1.41. The largest absolute Gasteiger partial charge is 0.344 e. The Bertz CT molecular complexity index is 122. The SMILES string of the molecule is C=C[C@@]1(C)OC[C@H](C)O1. The van der Waals surface area contributed by atoms with Gasteiger partial charge in [0.25, 0.3) is 0 Å². The zero-order valence-electron chi connectivity index (χ0n) is 5.89. The third-order valence-corrected chi connectivity index (χ3v) is 1.41. The van der Waals surface area contributed by atoms with Crippen molar-refractivity contribution in [2.24, 2.45) is 0 Å². The van der Waals surface area contributed by atoms with E-state index in [1.54, 1.807) is 6.08 Å². The minimum absolute atomic E-state index is 0.202. The molecule has 2 atom stereocenters. The van der Waals surface area contributed by atoms with Crippen LogP contribution >= 0.6 is 0 Å². The average molecular weight is 128 g/mol. The summed E-state index contributed by atoms with van der Waals surface area (Å²) in [6, 6.07) is 0. The van der Waals surface area contributed by atoms with Crippen LogP contribution in [-0.4, -0.2) is 18.5 Å². The number of rotatable bonds is 1. The van der Waals surface area contributed by atoms with Crippen molar-refractivity contribution < 1.29 is 9.47 Å². The summed E-state index contributed by atoms with van der Waals surface area (Å²) in [6.45, 7) is 8.11. The molecule has 0 aromatic rings. The molecule has 2 nitrogen and oxygen atoms in total. The van der Waals surface area contributed by atoms with Crippen molar-refractivity contribution in [3.05, 3.63) is 12.7 Å². The van der Waals surface area contributed by atoms with E-state index in [1.165, 1.54) is 0 Å². The highest BCUT2D eigenvalue weighted by Gasteiger charge is 2.31. The van der Waals surface area contributed by atoms with Crippen LogP contribution in [-0.2, 0) is 9.47 Å². The van der Waals surface area contributed by atoms with Gasteiger partial charge in [0.05, 0.1) is 12.7 Å². The molecule has 0 unspecified atom stereocenters. The Balaban J connectivity index is 2.54. The molecule has 2 heteroatoms. The second-order valence-electron chi connectivity index (χ2n) is 2.46. The second-order valence-corrected chi connectivity index (χ2v) is 2.46. The number of hydrogen-bond acceptors (Lipinski definition) is 2. The zero-order valence-corrected chi connectivity index (χ0v) is 5.89. The molecule has 1 fully saturated rings. The fourth-order valence-electron chi connectivity index (χ4n) is 0.857. The lowest BCUT2D eigenvalue weighted by molar-refractivity contribution is -0.111. The lowest BCUT2D eigenvalue weighted by atomic mass is 10.3. The van der Waals surface area contributed by atoms with Crippen LogP contribution < -0.4 is 0 Å². The fourth-order valence-corrected chi connectivity index (χ4v) is 0.857. The molecule has 0 spiro atoms. The minimum Gasteiger partial charge on any atom is -0.344 e. The highest BCUT2D eigenvalue weighted by atomic mass is 16.7. The van der Waals surface area contributed by atoms with Crippen molar-refractivity contribution in [2.45, 2.75) is 25.7 Å². The van der Waals surface area contributed by atoms with E-state index in [0.717, 1.165) is 0 Å². The van der Waals surface area contributed by atoms with Crippen LogP contribution in [0.4, 0.5) is 0 Å². The van der Waals surface area contributed by atoms with Crippen molar-refractivity contribution in [1.82, 2.24) is 0 Å². The summed E-state index contributed by atoms with van der Waals surface area (Å²) >= 11 is 0. The molecular weight excluding hydrogens is 116 g/mol. The van der Waals surface area contributed by atoms with E-state index in [4.69, 9.17) is 9.47 Å². The van der Waals surface area contributed by atoms with Gasteiger partial charge in [-0.25, -0.2) is 0 Å². The van der Waals surface area contributed by atoms with Gasteiger partial charge in [0, 0.05) is 0 Å². The Kier molecular flexibility index (Phi) is 1.60. The Morgan fingerprint density at radius 3 is 2.67 bits per heavy atom. The first kappa shape index (κ1) is 6.78. The van der Waals surface area contributed by atoms with Gasteiger partial charge in [-0.2, -0.15) is 0 Å². The summed E-state index contributed by atoms with van der Waals surface area (Å²) in [7, 11) is 0. The van der Waals surface area contributed by atoms with Gasteiger partial charge in [0.15, 0.2) is 5.79 Å². The van der Waals surface area contributed by atoms with Crippen LogP contribution in [0.3, 0.4) is 0 Å². The first-order valence-corrected chi connectivity index (χ1v) is 3.12. The molecule has 0 amide bonds. The maximum atomic E-state index is 5.36. The minimum atomic E-state index is -0.528. The summed E-state index contributed by atoms with van der Waals surface area (Å²) in [5.74, 6) is -0.528. The molecule has 1 aliphatic heterocycles. The smallest absolute Gasteiger partial charge is 0.185 e. The normalized spacial score (nSPS) is 43.1. The van der Waals surface area contributed by atoms with E-state index < -0.39 is 5.79 Å². The lowest BCUT2D eigenvalue weighted by Gasteiger charge is -2.16.